The van der Waals surface area contributed by atoms with Crippen molar-refractivity contribution in [3.8, 4) is 0 Å². The third kappa shape index (κ3) is 2.54. The molecule has 0 bridgehead atoms. The second kappa shape index (κ2) is 4.55. The number of aliphatic hydroxyl groups excluding tert-OH is 1. The van der Waals surface area contributed by atoms with Gasteiger partial charge in [-0.25, -0.2) is 8.78 Å². The number of rotatable bonds is 3. The first kappa shape index (κ1) is 11.2. The normalized spacial score (nSPS) is 31.6. The van der Waals surface area contributed by atoms with E-state index in [-0.39, 0.29) is 6.42 Å². The molecule has 0 aliphatic heterocycles. The van der Waals surface area contributed by atoms with Crippen molar-refractivity contribution < 1.29 is 13.9 Å². The van der Waals surface area contributed by atoms with Crippen molar-refractivity contribution in [1.29, 1.82) is 0 Å². The van der Waals surface area contributed by atoms with Gasteiger partial charge in [-0.15, -0.1) is 0 Å². The van der Waals surface area contributed by atoms with E-state index in [1.807, 2.05) is 0 Å². The highest BCUT2D eigenvalue weighted by Gasteiger charge is 2.45. The van der Waals surface area contributed by atoms with Gasteiger partial charge in [0.25, 0.3) is 5.92 Å². The summed E-state index contributed by atoms with van der Waals surface area (Å²) >= 11 is 0. The average Bonchev–Trinajstić information content (AvgIpc) is 2.13. The fourth-order valence-corrected chi connectivity index (χ4v) is 1.58. The maximum atomic E-state index is 13.0. The molecule has 1 aliphatic rings. The van der Waals surface area contributed by atoms with E-state index in [2.05, 4.69) is 11.9 Å². The molecular weight excluding hydrogens is 188 g/mol. The van der Waals surface area contributed by atoms with Crippen molar-refractivity contribution in [2.45, 2.75) is 37.3 Å². The largest absolute Gasteiger partial charge is 0.385 e. The van der Waals surface area contributed by atoms with Gasteiger partial charge in [-0.1, -0.05) is 12.7 Å². The Morgan fingerprint density at radius 3 is 2.86 bits per heavy atom. The molecule has 0 heterocycles. The average molecular weight is 203 g/mol. The molecule has 2 N–H and O–H groups in total. The topological polar surface area (TPSA) is 32.3 Å². The molecule has 1 aliphatic carbocycles. The predicted octanol–water partition coefficient (Wildman–Crippen LogP) is 1.82. The fraction of sp³-hybridized carbons (Fsp3) is 0.600. The minimum absolute atomic E-state index is 0.225. The quantitative estimate of drug-likeness (QED) is 0.686. The van der Waals surface area contributed by atoms with Crippen LogP contribution >= 0.6 is 0 Å². The van der Waals surface area contributed by atoms with Gasteiger partial charge in [0, 0.05) is 6.42 Å². The Morgan fingerprint density at radius 2 is 2.21 bits per heavy atom. The Hall–Kier alpha value is -0.900. The zero-order chi connectivity index (χ0) is 10.6. The lowest BCUT2D eigenvalue weighted by molar-refractivity contribution is -0.141. The summed E-state index contributed by atoms with van der Waals surface area (Å²) in [4.78, 5) is 0. The standard InChI is InChI=1S/C10H15F2NO/c1-2-3-7-13-8-5-4-6-10(11,12)9(8)14/h2-3,7-9,13-14H,1,4-6H2/b7-3+/t8-,9+/m1/s1. The molecule has 4 heteroatoms. The minimum atomic E-state index is -2.96. The van der Waals surface area contributed by atoms with Crippen LogP contribution in [0.2, 0.25) is 0 Å². The molecule has 1 rings (SSSR count). The smallest absolute Gasteiger partial charge is 0.275 e. The van der Waals surface area contributed by atoms with Crippen LogP contribution in [-0.4, -0.2) is 23.2 Å². The van der Waals surface area contributed by atoms with Gasteiger partial charge in [-0.2, -0.15) is 0 Å². The van der Waals surface area contributed by atoms with Gasteiger partial charge < -0.3 is 10.4 Å². The van der Waals surface area contributed by atoms with Crippen molar-refractivity contribution in [1.82, 2.24) is 5.32 Å². The maximum Gasteiger partial charge on any atom is 0.275 e. The molecule has 14 heavy (non-hydrogen) atoms. The Bertz CT molecular complexity index is 228. The van der Waals surface area contributed by atoms with Crippen molar-refractivity contribution in [3.63, 3.8) is 0 Å². The molecule has 2 nitrogen and oxygen atoms in total. The number of nitrogens with one attached hydrogen (secondary N) is 1. The van der Waals surface area contributed by atoms with E-state index in [4.69, 9.17) is 0 Å². The Labute approximate surface area is 82.3 Å². The van der Waals surface area contributed by atoms with E-state index in [1.165, 1.54) is 6.20 Å². The van der Waals surface area contributed by atoms with Gasteiger partial charge in [0.1, 0.15) is 6.10 Å². The molecule has 0 amide bonds. The highest BCUT2D eigenvalue weighted by molar-refractivity contribution is 5.00. The molecule has 0 aromatic rings. The van der Waals surface area contributed by atoms with Gasteiger partial charge in [0.2, 0.25) is 0 Å². The third-order valence-corrected chi connectivity index (χ3v) is 2.38. The van der Waals surface area contributed by atoms with Crippen LogP contribution in [-0.2, 0) is 0 Å². The highest BCUT2D eigenvalue weighted by atomic mass is 19.3. The maximum absolute atomic E-state index is 13.0. The zero-order valence-corrected chi connectivity index (χ0v) is 7.92. The molecule has 1 saturated carbocycles. The first-order chi connectivity index (χ1) is 6.58. The second-order valence-electron chi connectivity index (χ2n) is 3.47. The highest BCUT2D eigenvalue weighted by Crippen LogP contribution is 2.33. The molecule has 0 spiro atoms. The molecule has 1 fully saturated rings. The van der Waals surface area contributed by atoms with Gasteiger partial charge in [-0.05, 0) is 25.1 Å². The number of halogens is 2. The molecule has 0 unspecified atom stereocenters. The van der Waals surface area contributed by atoms with Gasteiger partial charge >= 0.3 is 0 Å². The summed E-state index contributed by atoms with van der Waals surface area (Å²) in [5.74, 6) is -2.96. The predicted molar refractivity (Wildman–Crippen MR) is 51.1 cm³/mol. The third-order valence-electron chi connectivity index (χ3n) is 2.38. The lowest BCUT2D eigenvalue weighted by Gasteiger charge is -2.34. The van der Waals surface area contributed by atoms with E-state index in [9.17, 15) is 13.9 Å². The molecule has 2 atom stereocenters. The van der Waals surface area contributed by atoms with Gasteiger partial charge in [0.15, 0.2) is 0 Å². The van der Waals surface area contributed by atoms with E-state index in [0.29, 0.717) is 12.8 Å². The number of hydrogen-bond acceptors (Lipinski definition) is 2. The van der Waals surface area contributed by atoms with Crippen molar-refractivity contribution >= 4 is 0 Å². The Morgan fingerprint density at radius 1 is 1.50 bits per heavy atom. The van der Waals surface area contributed by atoms with Crippen molar-refractivity contribution in [2.75, 3.05) is 0 Å². The molecule has 0 aromatic heterocycles. The first-order valence-corrected chi connectivity index (χ1v) is 4.67. The first-order valence-electron chi connectivity index (χ1n) is 4.67. The van der Waals surface area contributed by atoms with Gasteiger partial charge in [0.05, 0.1) is 6.04 Å². The lowest BCUT2D eigenvalue weighted by atomic mass is 9.89. The van der Waals surface area contributed by atoms with Crippen LogP contribution in [0, 0.1) is 0 Å². The number of allylic oxidation sites excluding steroid dienone is 2. The summed E-state index contributed by atoms with van der Waals surface area (Å²) < 4.78 is 26.0. The molecule has 80 valence electrons. The van der Waals surface area contributed by atoms with Crippen LogP contribution in [0.15, 0.2) is 24.9 Å². The summed E-state index contributed by atoms with van der Waals surface area (Å²) in [7, 11) is 0. The number of aliphatic hydroxyl groups is 1. The minimum Gasteiger partial charge on any atom is -0.385 e. The van der Waals surface area contributed by atoms with E-state index < -0.39 is 18.1 Å². The lowest BCUT2D eigenvalue weighted by Crippen LogP contribution is -2.51. The Kier molecular flexibility index (Phi) is 3.63. The summed E-state index contributed by atoms with van der Waals surface area (Å²) in [6, 6.07) is -0.560. The monoisotopic (exact) mass is 203 g/mol. The molecule has 0 radical (unpaired) electrons. The van der Waals surface area contributed by atoms with Crippen LogP contribution in [0.3, 0.4) is 0 Å². The van der Waals surface area contributed by atoms with Crippen molar-refractivity contribution in [3.05, 3.63) is 24.9 Å². The van der Waals surface area contributed by atoms with Crippen LogP contribution in [0.1, 0.15) is 19.3 Å². The summed E-state index contributed by atoms with van der Waals surface area (Å²) in [6.07, 6.45) is 3.87. The summed E-state index contributed by atoms with van der Waals surface area (Å²) in [5.41, 5.74) is 0. The summed E-state index contributed by atoms with van der Waals surface area (Å²) in [5, 5.41) is 12.1. The fourth-order valence-electron chi connectivity index (χ4n) is 1.58. The second-order valence-corrected chi connectivity index (χ2v) is 3.47. The van der Waals surface area contributed by atoms with E-state index >= 15 is 0 Å². The SMILES string of the molecule is C=C/C=C/N[C@@H]1CCCC(F)(F)[C@H]1O. The van der Waals surface area contributed by atoms with Crippen LogP contribution in [0.5, 0.6) is 0 Å². The van der Waals surface area contributed by atoms with Crippen LogP contribution in [0.25, 0.3) is 0 Å². The number of alkyl halides is 2. The zero-order valence-electron chi connectivity index (χ0n) is 7.92. The van der Waals surface area contributed by atoms with E-state index in [1.54, 1.807) is 12.2 Å². The molecule has 0 aromatic carbocycles. The van der Waals surface area contributed by atoms with Gasteiger partial charge in [-0.3, -0.25) is 0 Å². The summed E-state index contributed by atoms with van der Waals surface area (Å²) in [6.45, 7) is 3.45. The Balaban J connectivity index is 2.52. The van der Waals surface area contributed by atoms with E-state index in [0.717, 1.165) is 0 Å². The van der Waals surface area contributed by atoms with Crippen molar-refractivity contribution in [2.24, 2.45) is 0 Å². The van der Waals surface area contributed by atoms with Crippen LogP contribution in [0.4, 0.5) is 8.78 Å². The molecule has 0 saturated heterocycles. The molecular formula is C10H15F2NO. The van der Waals surface area contributed by atoms with Crippen LogP contribution < -0.4 is 5.32 Å². The number of hydrogen-bond donors (Lipinski definition) is 2.